The van der Waals surface area contributed by atoms with E-state index in [1.807, 2.05) is 0 Å². The van der Waals surface area contributed by atoms with E-state index in [4.69, 9.17) is 9.15 Å². The molecule has 0 spiro atoms. The highest BCUT2D eigenvalue weighted by Gasteiger charge is 2.13. The molecule has 1 amide bonds. The second-order valence-corrected chi connectivity index (χ2v) is 4.32. The van der Waals surface area contributed by atoms with Gasteiger partial charge in [-0.05, 0) is 24.6 Å². The molecule has 0 aliphatic carbocycles. The summed E-state index contributed by atoms with van der Waals surface area (Å²) in [6.07, 6.45) is 2.77. The van der Waals surface area contributed by atoms with Crippen LogP contribution in [0.1, 0.15) is 28.4 Å². The van der Waals surface area contributed by atoms with Gasteiger partial charge in [0.15, 0.2) is 0 Å². The third-order valence-electron chi connectivity index (χ3n) is 2.98. The Morgan fingerprint density at radius 2 is 2.20 bits per heavy atom. The van der Waals surface area contributed by atoms with Crippen LogP contribution < -0.4 is 10.1 Å². The smallest absolute Gasteiger partial charge is 0.255 e. The second-order valence-electron chi connectivity index (χ2n) is 4.32. The van der Waals surface area contributed by atoms with E-state index in [-0.39, 0.29) is 5.91 Å². The van der Waals surface area contributed by atoms with Crippen LogP contribution in [0.2, 0.25) is 0 Å². The largest absolute Gasteiger partial charge is 0.496 e. The van der Waals surface area contributed by atoms with Gasteiger partial charge in [0.25, 0.3) is 5.91 Å². The summed E-state index contributed by atoms with van der Waals surface area (Å²) in [5.74, 6) is 0.308. The zero-order valence-electron chi connectivity index (χ0n) is 11.2. The van der Waals surface area contributed by atoms with Crippen LogP contribution in [-0.2, 0) is 0 Å². The quantitative estimate of drug-likeness (QED) is 0.847. The van der Waals surface area contributed by atoms with E-state index >= 15 is 0 Å². The number of furan rings is 1. The summed E-state index contributed by atoms with van der Waals surface area (Å²) in [7, 11) is 1.52. The normalized spacial score (nSPS) is 11.9. The monoisotopic (exact) mass is 275 g/mol. The Bertz CT molecular complexity index is 551. The van der Waals surface area contributed by atoms with Gasteiger partial charge in [0.2, 0.25) is 0 Å². The molecule has 1 unspecified atom stereocenters. The molecule has 0 bridgehead atoms. The average Bonchev–Trinajstić information content (AvgIpc) is 3.01. The molecule has 106 valence electrons. The van der Waals surface area contributed by atoms with Gasteiger partial charge in [-0.2, -0.15) is 0 Å². The van der Waals surface area contributed by atoms with Gasteiger partial charge >= 0.3 is 0 Å². The number of aliphatic hydroxyl groups excluding tert-OH is 1. The lowest BCUT2D eigenvalue weighted by Gasteiger charge is -2.11. The number of benzene rings is 1. The molecule has 0 fully saturated rings. The summed E-state index contributed by atoms with van der Waals surface area (Å²) in [5, 5.41) is 12.6. The molecular weight excluding hydrogens is 258 g/mol. The summed E-state index contributed by atoms with van der Waals surface area (Å²) in [6, 6.07) is 8.71. The van der Waals surface area contributed by atoms with Gasteiger partial charge in [0.1, 0.15) is 5.75 Å². The fourth-order valence-corrected chi connectivity index (χ4v) is 1.88. The second kappa shape index (κ2) is 6.77. The minimum Gasteiger partial charge on any atom is -0.496 e. The van der Waals surface area contributed by atoms with Gasteiger partial charge in [0, 0.05) is 12.1 Å². The minimum absolute atomic E-state index is 0.221. The molecule has 20 heavy (non-hydrogen) atoms. The highest BCUT2D eigenvalue weighted by Crippen LogP contribution is 2.18. The molecule has 1 aromatic carbocycles. The molecule has 1 heterocycles. The lowest BCUT2D eigenvalue weighted by molar-refractivity contribution is 0.0939. The van der Waals surface area contributed by atoms with E-state index in [1.54, 1.807) is 30.3 Å². The number of nitrogens with one attached hydrogen (secondary N) is 1. The van der Waals surface area contributed by atoms with E-state index < -0.39 is 6.10 Å². The van der Waals surface area contributed by atoms with Crippen molar-refractivity contribution in [3.63, 3.8) is 0 Å². The lowest BCUT2D eigenvalue weighted by Crippen LogP contribution is -2.26. The number of methoxy groups -OCH3 is 1. The fraction of sp³-hybridized carbons (Fsp3) is 0.267. The van der Waals surface area contributed by atoms with Gasteiger partial charge in [-0.3, -0.25) is 4.79 Å². The van der Waals surface area contributed by atoms with E-state index in [1.165, 1.54) is 19.6 Å². The maximum Gasteiger partial charge on any atom is 0.255 e. The molecule has 0 saturated carbocycles. The van der Waals surface area contributed by atoms with Crippen LogP contribution in [0.25, 0.3) is 0 Å². The number of para-hydroxylation sites is 1. The van der Waals surface area contributed by atoms with Crippen LogP contribution in [0, 0.1) is 0 Å². The summed E-state index contributed by atoms with van der Waals surface area (Å²) >= 11 is 0. The van der Waals surface area contributed by atoms with Crippen LogP contribution in [0.4, 0.5) is 0 Å². The Morgan fingerprint density at radius 3 is 2.90 bits per heavy atom. The summed E-state index contributed by atoms with van der Waals surface area (Å²) < 4.78 is 10.0. The first-order valence-electron chi connectivity index (χ1n) is 6.33. The van der Waals surface area contributed by atoms with Crippen molar-refractivity contribution in [2.75, 3.05) is 13.7 Å². The molecular formula is C15H17NO4. The van der Waals surface area contributed by atoms with Crippen LogP contribution in [0.15, 0.2) is 47.3 Å². The van der Waals surface area contributed by atoms with Gasteiger partial charge in [-0.25, -0.2) is 0 Å². The molecule has 5 nitrogen and oxygen atoms in total. The van der Waals surface area contributed by atoms with Crippen molar-refractivity contribution in [2.45, 2.75) is 12.5 Å². The van der Waals surface area contributed by atoms with Crippen LogP contribution in [-0.4, -0.2) is 24.7 Å². The van der Waals surface area contributed by atoms with Crippen molar-refractivity contribution < 1.29 is 19.1 Å². The molecule has 1 aromatic heterocycles. The maximum atomic E-state index is 12.0. The average molecular weight is 275 g/mol. The van der Waals surface area contributed by atoms with E-state index in [0.717, 1.165) is 0 Å². The number of carbonyl (C=O) groups excluding carboxylic acids is 1. The van der Waals surface area contributed by atoms with Gasteiger partial charge in [-0.15, -0.1) is 0 Å². The molecule has 0 saturated heterocycles. The van der Waals surface area contributed by atoms with Crippen molar-refractivity contribution in [1.82, 2.24) is 5.32 Å². The Labute approximate surface area is 117 Å². The van der Waals surface area contributed by atoms with Crippen LogP contribution in [0.5, 0.6) is 5.75 Å². The van der Waals surface area contributed by atoms with Crippen molar-refractivity contribution in [3.05, 3.63) is 54.0 Å². The standard InChI is InChI=1S/C15H17NO4/c1-19-14-5-3-2-4-12(14)15(18)16-8-6-13(17)11-7-9-20-10-11/h2-5,7,9-10,13,17H,6,8H2,1H3,(H,16,18). The molecule has 2 aromatic rings. The molecule has 0 aliphatic heterocycles. The first-order valence-corrected chi connectivity index (χ1v) is 6.33. The van der Waals surface area contributed by atoms with Crippen molar-refractivity contribution in [1.29, 1.82) is 0 Å². The van der Waals surface area contributed by atoms with Crippen molar-refractivity contribution in [2.24, 2.45) is 0 Å². The van der Waals surface area contributed by atoms with Crippen LogP contribution >= 0.6 is 0 Å². The van der Waals surface area contributed by atoms with Gasteiger partial charge in [-0.1, -0.05) is 12.1 Å². The minimum atomic E-state index is -0.647. The van der Waals surface area contributed by atoms with Gasteiger partial charge in [0.05, 0.1) is 31.3 Å². The zero-order chi connectivity index (χ0) is 14.4. The van der Waals surface area contributed by atoms with E-state index in [2.05, 4.69) is 5.32 Å². The number of aliphatic hydroxyl groups is 1. The number of carbonyl (C=O) groups is 1. The third kappa shape index (κ3) is 3.39. The summed E-state index contributed by atoms with van der Waals surface area (Å²) in [4.78, 5) is 12.0. The molecule has 0 aliphatic rings. The predicted molar refractivity (Wildman–Crippen MR) is 73.6 cm³/mol. The lowest BCUT2D eigenvalue weighted by atomic mass is 10.1. The maximum absolute atomic E-state index is 12.0. The zero-order valence-corrected chi connectivity index (χ0v) is 11.2. The number of hydrogen-bond donors (Lipinski definition) is 2. The molecule has 0 radical (unpaired) electrons. The Kier molecular flexibility index (Phi) is 4.79. The van der Waals surface area contributed by atoms with Crippen molar-refractivity contribution >= 4 is 5.91 Å². The fourth-order valence-electron chi connectivity index (χ4n) is 1.88. The van der Waals surface area contributed by atoms with Gasteiger partial charge < -0.3 is 19.6 Å². The number of hydrogen-bond acceptors (Lipinski definition) is 4. The number of ether oxygens (including phenoxy) is 1. The Balaban J connectivity index is 1.86. The van der Waals surface area contributed by atoms with E-state index in [9.17, 15) is 9.90 Å². The molecule has 5 heteroatoms. The number of amides is 1. The van der Waals surface area contributed by atoms with Crippen LogP contribution in [0.3, 0.4) is 0 Å². The summed E-state index contributed by atoms with van der Waals surface area (Å²) in [6.45, 7) is 0.364. The molecule has 2 rings (SSSR count). The summed E-state index contributed by atoms with van der Waals surface area (Å²) in [5.41, 5.74) is 1.18. The van der Waals surface area contributed by atoms with E-state index in [0.29, 0.717) is 29.8 Å². The Morgan fingerprint density at radius 1 is 1.40 bits per heavy atom. The first-order chi connectivity index (χ1) is 9.72. The first kappa shape index (κ1) is 14.1. The molecule has 2 N–H and O–H groups in total. The predicted octanol–water partition coefficient (Wildman–Crippen LogP) is 2.14. The van der Waals surface area contributed by atoms with Crippen molar-refractivity contribution in [3.8, 4) is 5.75 Å². The molecule has 1 atom stereocenters. The highest BCUT2D eigenvalue weighted by atomic mass is 16.5. The topological polar surface area (TPSA) is 71.7 Å². The number of rotatable bonds is 6. The third-order valence-corrected chi connectivity index (χ3v) is 2.98. The SMILES string of the molecule is COc1ccccc1C(=O)NCCC(O)c1ccoc1. The Hall–Kier alpha value is -2.27. The highest BCUT2D eigenvalue weighted by molar-refractivity contribution is 5.96.